The lowest BCUT2D eigenvalue weighted by molar-refractivity contribution is -0.123. The molecule has 0 N–H and O–H groups in total. The highest BCUT2D eigenvalue weighted by molar-refractivity contribution is 9.10. The molecule has 0 unspecified atom stereocenters. The Kier molecular flexibility index (Phi) is 5.11. The number of carbonyl (C=O) groups excluding carboxylic acids is 3. The predicted molar refractivity (Wildman–Crippen MR) is 135 cm³/mol. The highest BCUT2D eigenvalue weighted by atomic mass is 79.9. The van der Waals surface area contributed by atoms with E-state index in [1.165, 1.54) is 4.90 Å². The fourth-order valence-electron chi connectivity index (χ4n) is 5.63. The zero-order valence-corrected chi connectivity index (χ0v) is 20.4. The van der Waals surface area contributed by atoms with E-state index in [9.17, 15) is 14.4 Å². The standard InChI is InChI=1S/C28H21BrN2O4/c1-35-20-12-6-17(7-13-20)26(32)25-23-22(24-21-5-3-2-4-16(21)14-15-30(24)25)27(33)31(28(23)34)19-10-8-18(29)9-11-19/h2-15,22-25H,1H3/t22-,23+,24+,25+/m0/s1. The minimum atomic E-state index is -0.792. The number of halogens is 1. The topological polar surface area (TPSA) is 66.9 Å². The van der Waals surface area contributed by atoms with Crippen molar-refractivity contribution in [2.24, 2.45) is 11.8 Å². The van der Waals surface area contributed by atoms with Gasteiger partial charge in [-0.15, -0.1) is 0 Å². The van der Waals surface area contributed by atoms with Crippen molar-refractivity contribution in [1.29, 1.82) is 0 Å². The second-order valence-electron chi connectivity index (χ2n) is 8.91. The smallest absolute Gasteiger partial charge is 0.240 e. The average molecular weight is 529 g/mol. The van der Waals surface area contributed by atoms with Crippen LogP contribution in [-0.4, -0.2) is 35.6 Å². The molecule has 0 aromatic heterocycles. The molecule has 6 rings (SSSR count). The van der Waals surface area contributed by atoms with Crippen molar-refractivity contribution in [2.45, 2.75) is 12.1 Å². The van der Waals surface area contributed by atoms with Crippen molar-refractivity contribution in [3.63, 3.8) is 0 Å². The molecule has 0 aliphatic carbocycles. The number of carbonyl (C=O) groups is 3. The van der Waals surface area contributed by atoms with E-state index in [-0.39, 0.29) is 17.6 Å². The van der Waals surface area contributed by atoms with Crippen LogP contribution in [0.5, 0.6) is 5.75 Å². The monoisotopic (exact) mass is 528 g/mol. The van der Waals surface area contributed by atoms with Crippen LogP contribution in [0, 0.1) is 11.8 Å². The molecule has 2 fully saturated rings. The van der Waals surface area contributed by atoms with Crippen molar-refractivity contribution >= 4 is 45.3 Å². The number of methoxy groups -OCH3 is 1. The van der Waals surface area contributed by atoms with Crippen LogP contribution in [0.1, 0.15) is 27.5 Å². The van der Waals surface area contributed by atoms with Gasteiger partial charge in [-0.25, -0.2) is 4.90 Å². The first-order valence-corrected chi connectivity index (χ1v) is 12.1. The fourth-order valence-corrected chi connectivity index (χ4v) is 5.89. The van der Waals surface area contributed by atoms with E-state index >= 15 is 0 Å². The van der Waals surface area contributed by atoms with Crippen LogP contribution in [0.3, 0.4) is 0 Å². The van der Waals surface area contributed by atoms with Crippen LogP contribution in [0.15, 0.2) is 83.5 Å². The van der Waals surface area contributed by atoms with Crippen LogP contribution in [-0.2, 0) is 9.59 Å². The third kappa shape index (κ3) is 3.26. The molecule has 3 aliphatic heterocycles. The second kappa shape index (κ2) is 8.20. The predicted octanol–water partition coefficient (Wildman–Crippen LogP) is 4.86. The molecule has 3 aromatic rings. The highest BCUT2D eigenvalue weighted by Gasteiger charge is 2.64. The Labute approximate surface area is 210 Å². The summed E-state index contributed by atoms with van der Waals surface area (Å²) in [7, 11) is 1.57. The third-order valence-corrected chi connectivity index (χ3v) is 7.72. The number of nitrogens with zero attached hydrogens (tertiary/aromatic N) is 2. The van der Waals surface area contributed by atoms with Crippen molar-refractivity contribution < 1.29 is 19.1 Å². The molecule has 7 heteroatoms. The first-order chi connectivity index (χ1) is 17.0. The summed E-state index contributed by atoms with van der Waals surface area (Å²) in [5.74, 6) is -1.61. The SMILES string of the molecule is COc1ccc(C(=O)[C@H]2[C@@H]3C(=O)N(c4ccc(Br)cc4)C(=O)[C@@H]3[C@H]3c4ccccc4C=CN32)cc1. The normalized spacial score (nSPS) is 24.3. The van der Waals surface area contributed by atoms with Crippen molar-refractivity contribution in [3.05, 3.63) is 100 Å². The van der Waals surface area contributed by atoms with E-state index in [0.29, 0.717) is 17.0 Å². The largest absolute Gasteiger partial charge is 0.497 e. The molecular formula is C28H21BrN2O4. The fraction of sp³-hybridized carbons (Fsp3) is 0.179. The number of hydrogen-bond acceptors (Lipinski definition) is 5. The number of fused-ring (bicyclic) bond motifs is 5. The number of benzene rings is 3. The van der Waals surface area contributed by atoms with Crippen LogP contribution in [0.2, 0.25) is 0 Å². The van der Waals surface area contributed by atoms with Crippen LogP contribution < -0.4 is 9.64 Å². The summed E-state index contributed by atoms with van der Waals surface area (Å²) in [4.78, 5) is 44.8. The molecule has 4 atom stereocenters. The minimum absolute atomic E-state index is 0.187. The molecule has 0 spiro atoms. The van der Waals surface area contributed by atoms with Crippen LogP contribution >= 0.6 is 15.9 Å². The van der Waals surface area contributed by atoms with Crippen LogP contribution in [0.4, 0.5) is 5.69 Å². The van der Waals surface area contributed by atoms with Gasteiger partial charge in [0.1, 0.15) is 11.8 Å². The van der Waals surface area contributed by atoms with Gasteiger partial charge in [-0.1, -0.05) is 40.2 Å². The van der Waals surface area contributed by atoms with E-state index in [1.54, 1.807) is 55.6 Å². The van der Waals surface area contributed by atoms with Gasteiger partial charge < -0.3 is 9.64 Å². The van der Waals surface area contributed by atoms with Gasteiger partial charge in [0.15, 0.2) is 5.78 Å². The molecule has 35 heavy (non-hydrogen) atoms. The van der Waals surface area contributed by atoms with Gasteiger partial charge in [0.25, 0.3) is 0 Å². The summed E-state index contributed by atoms with van der Waals surface area (Å²) in [5, 5.41) is 0. The molecular weight excluding hydrogens is 508 g/mol. The number of rotatable bonds is 4. The van der Waals surface area contributed by atoms with E-state index in [4.69, 9.17) is 4.74 Å². The first-order valence-electron chi connectivity index (χ1n) is 11.4. The van der Waals surface area contributed by atoms with Gasteiger partial charge in [0.2, 0.25) is 11.8 Å². The molecule has 6 nitrogen and oxygen atoms in total. The molecule has 3 aliphatic rings. The Bertz CT molecular complexity index is 1380. The number of ketones is 1. The molecule has 0 saturated carbocycles. The highest BCUT2D eigenvalue weighted by Crippen LogP contribution is 2.53. The van der Waals surface area contributed by atoms with Gasteiger partial charge in [-0.05, 0) is 65.7 Å². The maximum absolute atomic E-state index is 13.9. The summed E-state index contributed by atoms with van der Waals surface area (Å²) < 4.78 is 6.08. The number of amides is 2. The zero-order chi connectivity index (χ0) is 24.3. The van der Waals surface area contributed by atoms with Gasteiger partial charge in [0.05, 0.1) is 30.7 Å². The summed E-state index contributed by atoms with van der Waals surface area (Å²) in [6.45, 7) is 0. The Morgan fingerprint density at radius 3 is 2.29 bits per heavy atom. The van der Waals surface area contributed by atoms with Crippen molar-refractivity contribution in [1.82, 2.24) is 4.90 Å². The zero-order valence-electron chi connectivity index (χ0n) is 18.8. The Morgan fingerprint density at radius 1 is 0.886 bits per heavy atom. The average Bonchev–Trinajstić information content (AvgIpc) is 3.37. The lowest BCUT2D eigenvalue weighted by Gasteiger charge is -2.35. The molecule has 2 saturated heterocycles. The Morgan fingerprint density at radius 2 is 1.57 bits per heavy atom. The summed E-state index contributed by atoms with van der Waals surface area (Å²) >= 11 is 3.40. The Balaban J connectivity index is 1.47. The third-order valence-electron chi connectivity index (χ3n) is 7.19. The van der Waals surface area contributed by atoms with Crippen molar-refractivity contribution in [3.8, 4) is 5.75 Å². The molecule has 2 amide bonds. The Hall–Kier alpha value is -3.71. The van der Waals surface area contributed by atoms with E-state index in [1.807, 2.05) is 41.4 Å². The van der Waals surface area contributed by atoms with Gasteiger partial charge >= 0.3 is 0 Å². The van der Waals surface area contributed by atoms with Gasteiger partial charge in [-0.2, -0.15) is 0 Å². The van der Waals surface area contributed by atoms with Crippen LogP contribution in [0.25, 0.3) is 6.08 Å². The molecule has 3 aromatic carbocycles. The number of Topliss-reactive ketones (excluding diaryl/α,β-unsaturated/α-hetero) is 1. The maximum Gasteiger partial charge on any atom is 0.240 e. The number of imide groups is 1. The molecule has 174 valence electrons. The summed E-state index contributed by atoms with van der Waals surface area (Å²) in [6.07, 6.45) is 3.81. The maximum atomic E-state index is 13.9. The van der Waals surface area contributed by atoms with E-state index in [0.717, 1.165) is 15.6 Å². The molecule has 0 radical (unpaired) electrons. The van der Waals surface area contributed by atoms with E-state index < -0.39 is 23.9 Å². The number of anilines is 1. The first kappa shape index (κ1) is 21.8. The molecule has 0 bridgehead atoms. The van der Waals surface area contributed by atoms with Gasteiger partial charge in [-0.3, -0.25) is 14.4 Å². The number of ether oxygens (including phenoxy) is 1. The van der Waals surface area contributed by atoms with Crippen molar-refractivity contribution in [2.75, 3.05) is 12.0 Å². The molecule has 3 heterocycles. The van der Waals surface area contributed by atoms with E-state index in [2.05, 4.69) is 15.9 Å². The summed E-state index contributed by atoms with van der Waals surface area (Å²) in [5.41, 5.74) is 2.94. The minimum Gasteiger partial charge on any atom is -0.497 e. The lowest BCUT2D eigenvalue weighted by atomic mass is 9.83. The summed E-state index contributed by atoms with van der Waals surface area (Å²) in [6, 6.07) is 20.6. The second-order valence-corrected chi connectivity index (χ2v) is 9.83. The lowest BCUT2D eigenvalue weighted by Crippen LogP contribution is -2.44. The number of hydrogen-bond donors (Lipinski definition) is 0. The van der Waals surface area contributed by atoms with Gasteiger partial charge in [0, 0.05) is 16.2 Å². The quantitative estimate of drug-likeness (QED) is 0.357.